The van der Waals surface area contributed by atoms with Crippen molar-refractivity contribution >= 4 is 11.6 Å². The Morgan fingerprint density at radius 1 is 0.947 bits per heavy atom. The summed E-state index contributed by atoms with van der Waals surface area (Å²) >= 11 is 5.94. The molecule has 0 fully saturated rings. The lowest BCUT2D eigenvalue weighted by atomic mass is 9.99. The van der Waals surface area contributed by atoms with Gasteiger partial charge in [-0.1, -0.05) is 35.9 Å². The normalized spacial score (nSPS) is 12.4. The molecule has 1 unspecified atom stereocenters. The monoisotopic (exact) mass is 281 g/mol. The van der Waals surface area contributed by atoms with Crippen LogP contribution < -0.4 is 5.73 Å². The average molecular weight is 282 g/mol. The van der Waals surface area contributed by atoms with Gasteiger partial charge in [0.15, 0.2) is 0 Å². The third-order valence-electron chi connectivity index (χ3n) is 2.97. The van der Waals surface area contributed by atoms with Gasteiger partial charge in [0.2, 0.25) is 0 Å². The van der Waals surface area contributed by atoms with Crippen LogP contribution in [0.5, 0.6) is 0 Å². The highest BCUT2D eigenvalue weighted by Gasteiger charge is 2.13. The summed E-state index contributed by atoms with van der Waals surface area (Å²) in [4.78, 5) is 0. The number of nitrogens with two attached hydrogens (primary N) is 1. The Morgan fingerprint density at radius 2 is 1.63 bits per heavy atom. The van der Waals surface area contributed by atoms with E-state index in [1.807, 2.05) is 0 Å². The highest BCUT2D eigenvalue weighted by atomic mass is 35.5. The first kappa shape index (κ1) is 14.0. The van der Waals surface area contributed by atoms with Crippen molar-refractivity contribution in [2.24, 2.45) is 5.73 Å². The Balaban J connectivity index is 2.10. The summed E-state index contributed by atoms with van der Waals surface area (Å²) in [5.74, 6) is -0.672. The number of rotatable bonds is 4. The van der Waals surface area contributed by atoms with E-state index >= 15 is 0 Å². The molecule has 0 radical (unpaired) electrons. The van der Waals surface area contributed by atoms with Crippen molar-refractivity contribution in [1.29, 1.82) is 0 Å². The quantitative estimate of drug-likeness (QED) is 0.908. The van der Waals surface area contributed by atoms with Crippen molar-refractivity contribution < 1.29 is 8.78 Å². The molecule has 19 heavy (non-hydrogen) atoms. The molecule has 0 amide bonds. The van der Waals surface area contributed by atoms with Gasteiger partial charge in [0.25, 0.3) is 0 Å². The van der Waals surface area contributed by atoms with Gasteiger partial charge in [0, 0.05) is 16.6 Å². The maximum Gasteiger partial charge on any atom is 0.127 e. The van der Waals surface area contributed by atoms with E-state index < -0.39 is 0 Å². The Morgan fingerprint density at radius 3 is 2.32 bits per heavy atom. The molecule has 0 aliphatic heterocycles. The van der Waals surface area contributed by atoms with Gasteiger partial charge in [0.05, 0.1) is 0 Å². The molecule has 2 aromatic carbocycles. The standard InChI is InChI=1S/C15H14ClF2N/c16-13-5-3-7-15(18)12(13)9-11(19)8-10-4-1-2-6-14(10)17/h1-7,11H,8-9,19H2. The van der Waals surface area contributed by atoms with E-state index in [9.17, 15) is 8.78 Å². The van der Waals surface area contributed by atoms with Gasteiger partial charge in [-0.2, -0.15) is 0 Å². The second kappa shape index (κ2) is 6.13. The topological polar surface area (TPSA) is 26.0 Å². The van der Waals surface area contributed by atoms with Gasteiger partial charge in [0.1, 0.15) is 11.6 Å². The van der Waals surface area contributed by atoms with E-state index in [1.165, 1.54) is 12.1 Å². The SMILES string of the molecule is NC(Cc1ccccc1F)Cc1c(F)cccc1Cl. The molecule has 0 saturated heterocycles. The van der Waals surface area contributed by atoms with Crippen LogP contribution in [0.25, 0.3) is 0 Å². The minimum atomic E-state index is -0.383. The molecule has 2 rings (SSSR count). The molecule has 4 heteroatoms. The van der Waals surface area contributed by atoms with Gasteiger partial charge < -0.3 is 5.73 Å². The van der Waals surface area contributed by atoms with E-state index in [0.29, 0.717) is 22.6 Å². The van der Waals surface area contributed by atoms with Crippen LogP contribution in [-0.4, -0.2) is 6.04 Å². The molecule has 100 valence electrons. The Kier molecular flexibility index (Phi) is 4.51. The molecule has 1 nitrogen and oxygen atoms in total. The van der Waals surface area contributed by atoms with Crippen molar-refractivity contribution in [3.05, 3.63) is 70.2 Å². The largest absolute Gasteiger partial charge is 0.327 e. The van der Waals surface area contributed by atoms with E-state index in [1.54, 1.807) is 30.3 Å². The van der Waals surface area contributed by atoms with Crippen molar-refractivity contribution in [2.45, 2.75) is 18.9 Å². The van der Waals surface area contributed by atoms with Crippen LogP contribution in [0.15, 0.2) is 42.5 Å². The van der Waals surface area contributed by atoms with Crippen LogP contribution in [0.3, 0.4) is 0 Å². The maximum absolute atomic E-state index is 13.6. The minimum absolute atomic E-state index is 0.278. The zero-order valence-corrected chi connectivity index (χ0v) is 11.0. The maximum atomic E-state index is 13.6. The molecule has 1 atom stereocenters. The second-order valence-corrected chi connectivity index (χ2v) is 4.87. The zero-order valence-electron chi connectivity index (χ0n) is 10.2. The molecule has 2 aromatic rings. The summed E-state index contributed by atoms with van der Waals surface area (Å²) in [6.45, 7) is 0. The average Bonchev–Trinajstić information content (AvgIpc) is 2.37. The molecule has 0 aliphatic carbocycles. The van der Waals surface area contributed by atoms with Crippen LogP contribution in [0.1, 0.15) is 11.1 Å². The number of halogens is 3. The van der Waals surface area contributed by atoms with E-state index in [2.05, 4.69) is 0 Å². The predicted octanol–water partition coefficient (Wildman–Crippen LogP) is 3.73. The summed E-state index contributed by atoms with van der Waals surface area (Å²) in [7, 11) is 0. The third-order valence-corrected chi connectivity index (χ3v) is 3.32. The van der Waals surface area contributed by atoms with Gasteiger partial charge in [-0.05, 0) is 36.6 Å². The van der Waals surface area contributed by atoms with Gasteiger partial charge >= 0.3 is 0 Å². The lowest BCUT2D eigenvalue weighted by molar-refractivity contribution is 0.565. The molecule has 0 spiro atoms. The summed E-state index contributed by atoms with van der Waals surface area (Å²) < 4.78 is 27.1. The Labute approximate surface area is 116 Å². The third kappa shape index (κ3) is 3.52. The lowest BCUT2D eigenvalue weighted by Gasteiger charge is -2.14. The van der Waals surface area contributed by atoms with E-state index in [0.717, 1.165) is 0 Å². The Bertz CT molecular complexity index is 552. The van der Waals surface area contributed by atoms with Crippen molar-refractivity contribution in [2.75, 3.05) is 0 Å². The predicted molar refractivity (Wildman–Crippen MR) is 73.2 cm³/mol. The fourth-order valence-electron chi connectivity index (χ4n) is 2.01. The van der Waals surface area contributed by atoms with Crippen molar-refractivity contribution in [1.82, 2.24) is 0 Å². The van der Waals surface area contributed by atoms with Crippen LogP contribution in [0.4, 0.5) is 8.78 Å². The molecule has 0 heterocycles. The smallest absolute Gasteiger partial charge is 0.127 e. The first-order valence-electron chi connectivity index (χ1n) is 6.00. The second-order valence-electron chi connectivity index (χ2n) is 4.46. The van der Waals surface area contributed by atoms with Gasteiger partial charge in [-0.15, -0.1) is 0 Å². The van der Waals surface area contributed by atoms with Gasteiger partial charge in [-0.25, -0.2) is 8.78 Å². The van der Waals surface area contributed by atoms with Gasteiger partial charge in [-0.3, -0.25) is 0 Å². The summed E-state index contributed by atoms with van der Waals surface area (Å²) in [6, 6.07) is 10.6. The number of hydrogen-bond acceptors (Lipinski definition) is 1. The highest BCUT2D eigenvalue weighted by molar-refractivity contribution is 6.31. The molecule has 0 aromatic heterocycles. The Hall–Kier alpha value is -1.45. The van der Waals surface area contributed by atoms with Crippen molar-refractivity contribution in [3.8, 4) is 0 Å². The molecular formula is C15H14ClF2N. The molecule has 2 N–H and O–H groups in total. The zero-order chi connectivity index (χ0) is 13.8. The molecular weight excluding hydrogens is 268 g/mol. The molecule has 0 aliphatic rings. The minimum Gasteiger partial charge on any atom is -0.327 e. The molecule has 0 saturated carbocycles. The van der Waals surface area contributed by atoms with E-state index in [-0.39, 0.29) is 24.1 Å². The summed E-state index contributed by atoms with van der Waals surface area (Å²) in [5, 5.41) is 0.351. The lowest BCUT2D eigenvalue weighted by Crippen LogP contribution is -2.26. The summed E-state index contributed by atoms with van der Waals surface area (Å²) in [6.07, 6.45) is 0.622. The fourth-order valence-corrected chi connectivity index (χ4v) is 2.25. The number of hydrogen-bond donors (Lipinski definition) is 1. The van der Waals surface area contributed by atoms with Crippen LogP contribution in [0, 0.1) is 11.6 Å². The fraction of sp³-hybridized carbons (Fsp3) is 0.200. The first-order valence-corrected chi connectivity index (χ1v) is 6.37. The van der Waals surface area contributed by atoms with Crippen molar-refractivity contribution in [3.63, 3.8) is 0 Å². The highest BCUT2D eigenvalue weighted by Crippen LogP contribution is 2.21. The van der Waals surface area contributed by atoms with Crippen LogP contribution in [-0.2, 0) is 12.8 Å². The number of benzene rings is 2. The summed E-state index contributed by atoms with van der Waals surface area (Å²) in [5.41, 5.74) is 6.86. The van der Waals surface area contributed by atoms with E-state index in [4.69, 9.17) is 17.3 Å². The van der Waals surface area contributed by atoms with Crippen LogP contribution >= 0.6 is 11.6 Å². The first-order chi connectivity index (χ1) is 9.08. The van der Waals surface area contributed by atoms with Crippen LogP contribution in [0.2, 0.25) is 5.02 Å². The molecule has 0 bridgehead atoms.